The van der Waals surface area contributed by atoms with Crippen LogP contribution in [0.2, 0.25) is 0 Å². The topological polar surface area (TPSA) is 47.3 Å². The van der Waals surface area contributed by atoms with E-state index in [0.29, 0.717) is 11.4 Å². The van der Waals surface area contributed by atoms with Gasteiger partial charge in [0.25, 0.3) is 0 Å². The van der Waals surface area contributed by atoms with Gasteiger partial charge < -0.3 is 14.4 Å². The van der Waals surface area contributed by atoms with Gasteiger partial charge in [-0.25, -0.2) is 9.37 Å². The highest BCUT2D eigenvalue weighted by Gasteiger charge is 2.16. The first-order valence-electron chi connectivity index (χ1n) is 5.12. The van der Waals surface area contributed by atoms with Gasteiger partial charge in [0.1, 0.15) is 11.9 Å². The Labute approximate surface area is 98.3 Å². The summed E-state index contributed by atoms with van der Waals surface area (Å²) in [6.07, 6.45) is 2.35. The van der Waals surface area contributed by atoms with E-state index in [2.05, 4.69) is 4.98 Å². The zero-order valence-corrected chi connectivity index (χ0v) is 9.59. The monoisotopic (exact) mass is 236 g/mol. The summed E-state index contributed by atoms with van der Waals surface area (Å²) in [4.78, 5) is 4.02. The van der Waals surface area contributed by atoms with E-state index in [-0.39, 0.29) is 5.75 Å². The first-order chi connectivity index (χ1) is 8.13. The van der Waals surface area contributed by atoms with E-state index in [4.69, 9.17) is 4.74 Å². The maximum atomic E-state index is 13.5. The molecule has 0 fully saturated rings. The maximum absolute atomic E-state index is 13.5. The fourth-order valence-electron chi connectivity index (χ4n) is 1.64. The van der Waals surface area contributed by atoms with Crippen LogP contribution >= 0.6 is 0 Å². The lowest BCUT2D eigenvalue weighted by Gasteiger charge is -2.12. The van der Waals surface area contributed by atoms with Crippen LogP contribution in [0.4, 0.5) is 4.39 Å². The standard InChI is InChI=1S/C12H13FN2O2/c1-15-6-5-14-12(15)11(16)8-3-4-10(17-2)9(13)7-8/h3-7,11,16H,1-2H3. The molecule has 4 nitrogen and oxygen atoms in total. The average molecular weight is 236 g/mol. The molecule has 0 aliphatic rings. The van der Waals surface area contributed by atoms with Crippen molar-refractivity contribution in [3.05, 3.63) is 47.8 Å². The average Bonchev–Trinajstić information content (AvgIpc) is 2.74. The molecule has 2 aromatic rings. The minimum atomic E-state index is -0.949. The molecule has 1 aromatic carbocycles. The van der Waals surface area contributed by atoms with Crippen molar-refractivity contribution >= 4 is 0 Å². The third-order valence-electron chi connectivity index (χ3n) is 2.59. The Balaban J connectivity index is 2.35. The minimum absolute atomic E-state index is 0.154. The van der Waals surface area contributed by atoms with Crippen LogP contribution in [0.25, 0.3) is 0 Å². The lowest BCUT2D eigenvalue weighted by molar-refractivity contribution is 0.205. The third-order valence-corrected chi connectivity index (χ3v) is 2.59. The van der Waals surface area contributed by atoms with Gasteiger partial charge in [0.15, 0.2) is 11.6 Å². The second kappa shape index (κ2) is 4.55. The molecular formula is C12H13FN2O2. The summed E-state index contributed by atoms with van der Waals surface area (Å²) < 4.78 is 20.0. The van der Waals surface area contributed by atoms with E-state index >= 15 is 0 Å². The zero-order chi connectivity index (χ0) is 12.4. The van der Waals surface area contributed by atoms with Crippen molar-refractivity contribution in [2.45, 2.75) is 6.10 Å². The molecule has 90 valence electrons. The summed E-state index contributed by atoms with van der Waals surface area (Å²) in [5, 5.41) is 10.1. The van der Waals surface area contributed by atoms with Crippen LogP contribution in [0.1, 0.15) is 17.5 Å². The van der Waals surface area contributed by atoms with Gasteiger partial charge in [0.2, 0.25) is 0 Å². The lowest BCUT2D eigenvalue weighted by atomic mass is 10.1. The van der Waals surface area contributed by atoms with E-state index in [9.17, 15) is 9.50 Å². The second-order valence-corrected chi connectivity index (χ2v) is 3.69. The number of rotatable bonds is 3. The van der Waals surface area contributed by atoms with Crippen LogP contribution in [0, 0.1) is 5.82 Å². The van der Waals surface area contributed by atoms with Crippen LogP contribution in [0.3, 0.4) is 0 Å². The van der Waals surface area contributed by atoms with Crippen molar-refractivity contribution in [1.29, 1.82) is 0 Å². The number of aliphatic hydroxyl groups is 1. The second-order valence-electron chi connectivity index (χ2n) is 3.69. The normalized spacial score (nSPS) is 12.5. The van der Waals surface area contributed by atoms with Gasteiger partial charge in [-0.05, 0) is 17.7 Å². The minimum Gasteiger partial charge on any atom is -0.494 e. The number of imidazole rings is 1. The predicted molar refractivity (Wildman–Crippen MR) is 60.2 cm³/mol. The number of ether oxygens (including phenoxy) is 1. The summed E-state index contributed by atoms with van der Waals surface area (Å²) >= 11 is 0. The number of hydrogen-bond donors (Lipinski definition) is 1. The summed E-state index contributed by atoms with van der Waals surface area (Å²) in [7, 11) is 3.17. The van der Waals surface area contributed by atoms with Gasteiger partial charge in [0, 0.05) is 19.4 Å². The molecule has 2 rings (SSSR count). The lowest BCUT2D eigenvalue weighted by Crippen LogP contribution is -2.07. The summed E-state index contributed by atoms with van der Waals surface area (Å²) in [5.74, 6) is 0.119. The van der Waals surface area contributed by atoms with E-state index in [0.717, 1.165) is 0 Å². The van der Waals surface area contributed by atoms with Gasteiger partial charge in [-0.3, -0.25) is 0 Å². The van der Waals surface area contributed by atoms with Crippen molar-refractivity contribution in [2.24, 2.45) is 7.05 Å². The molecule has 1 N–H and O–H groups in total. The van der Waals surface area contributed by atoms with Crippen LogP contribution in [-0.4, -0.2) is 21.8 Å². The Hall–Kier alpha value is -1.88. The van der Waals surface area contributed by atoms with Gasteiger partial charge in [-0.2, -0.15) is 0 Å². The number of hydrogen-bond acceptors (Lipinski definition) is 3. The number of nitrogens with zero attached hydrogens (tertiary/aromatic N) is 2. The highest BCUT2D eigenvalue weighted by atomic mass is 19.1. The van der Waals surface area contributed by atoms with Crippen molar-refractivity contribution in [2.75, 3.05) is 7.11 Å². The molecule has 1 heterocycles. The molecule has 0 radical (unpaired) electrons. The Kier molecular flexibility index (Phi) is 3.10. The first-order valence-corrected chi connectivity index (χ1v) is 5.12. The molecule has 0 saturated heterocycles. The van der Waals surface area contributed by atoms with Crippen LogP contribution in [0.15, 0.2) is 30.6 Å². The third kappa shape index (κ3) is 2.14. The fourth-order valence-corrected chi connectivity index (χ4v) is 1.64. The first kappa shape index (κ1) is 11.6. The van der Waals surface area contributed by atoms with E-state index < -0.39 is 11.9 Å². The summed E-state index contributed by atoms with van der Waals surface area (Å²) in [6, 6.07) is 4.34. The molecule has 0 aliphatic carbocycles. The van der Waals surface area contributed by atoms with Gasteiger partial charge >= 0.3 is 0 Å². The molecular weight excluding hydrogens is 223 g/mol. The number of aryl methyl sites for hydroxylation is 1. The predicted octanol–water partition coefficient (Wildman–Crippen LogP) is 1.65. The van der Waals surface area contributed by atoms with Crippen molar-refractivity contribution < 1.29 is 14.2 Å². The number of methoxy groups -OCH3 is 1. The van der Waals surface area contributed by atoms with E-state index in [1.54, 1.807) is 30.1 Å². The quantitative estimate of drug-likeness (QED) is 0.881. The Bertz CT molecular complexity index is 525. The molecule has 0 bridgehead atoms. The van der Waals surface area contributed by atoms with Gasteiger partial charge in [-0.15, -0.1) is 0 Å². The number of benzene rings is 1. The van der Waals surface area contributed by atoms with Crippen LogP contribution < -0.4 is 4.74 Å². The Morgan fingerprint density at radius 3 is 2.76 bits per heavy atom. The number of aliphatic hydroxyl groups excluding tert-OH is 1. The van der Waals surface area contributed by atoms with E-state index in [1.807, 2.05) is 0 Å². The Morgan fingerprint density at radius 2 is 2.24 bits per heavy atom. The SMILES string of the molecule is COc1ccc(C(O)c2nccn2C)cc1F. The summed E-state index contributed by atoms with van der Waals surface area (Å²) in [6.45, 7) is 0. The Morgan fingerprint density at radius 1 is 1.47 bits per heavy atom. The maximum Gasteiger partial charge on any atom is 0.165 e. The molecule has 1 unspecified atom stereocenters. The van der Waals surface area contributed by atoms with Gasteiger partial charge in [-0.1, -0.05) is 6.07 Å². The zero-order valence-electron chi connectivity index (χ0n) is 9.59. The molecule has 5 heteroatoms. The van der Waals surface area contributed by atoms with Crippen molar-refractivity contribution in [1.82, 2.24) is 9.55 Å². The number of aromatic nitrogens is 2. The van der Waals surface area contributed by atoms with Crippen LogP contribution in [-0.2, 0) is 7.05 Å². The highest BCUT2D eigenvalue weighted by Crippen LogP contribution is 2.25. The molecule has 0 spiro atoms. The van der Waals surface area contributed by atoms with Crippen LogP contribution in [0.5, 0.6) is 5.75 Å². The van der Waals surface area contributed by atoms with Crippen molar-refractivity contribution in [3.63, 3.8) is 0 Å². The fraction of sp³-hybridized carbons (Fsp3) is 0.250. The van der Waals surface area contributed by atoms with Crippen molar-refractivity contribution in [3.8, 4) is 5.75 Å². The molecule has 0 saturated carbocycles. The molecule has 1 aromatic heterocycles. The highest BCUT2D eigenvalue weighted by molar-refractivity contribution is 5.32. The molecule has 1 atom stereocenters. The molecule has 0 aliphatic heterocycles. The van der Waals surface area contributed by atoms with Gasteiger partial charge in [0.05, 0.1) is 7.11 Å². The largest absolute Gasteiger partial charge is 0.494 e. The smallest absolute Gasteiger partial charge is 0.165 e. The molecule has 17 heavy (non-hydrogen) atoms. The number of halogens is 1. The molecule has 0 amide bonds. The summed E-state index contributed by atoms with van der Waals surface area (Å²) in [5.41, 5.74) is 0.442. The van der Waals surface area contributed by atoms with E-state index in [1.165, 1.54) is 19.2 Å².